The molecule has 3 rings (SSSR count). The van der Waals surface area contributed by atoms with Gasteiger partial charge in [-0.1, -0.05) is 0 Å². The van der Waals surface area contributed by atoms with Crippen molar-refractivity contribution >= 4 is 32.5 Å². The minimum absolute atomic E-state index is 0.0573. The van der Waals surface area contributed by atoms with Crippen LogP contribution in [0.15, 0.2) is 52.9 Å². The van der Waals surface area contributed by atoms with Gasteiger partial charge in [-0.2, -0.15) is 0 Å². The lowest BCUT2D eigenvalue weighted by Gasteiger charge is -2.22. The van der Waals surface area contributed by atoms with Crippen LogP contribution in [0.2, 0.25) is 0 Å². The largest absolute Gasteiger partial charge is 0.507 e. The van der Waals surface area contributed by atoms with Gasteiger partial charge in [0, 0.05) is 23.2 Å². The van der Waals surface area contributed by atoms with Crippen LogP contribution in [-0.4, -0.2) is 36.7 Å². The number of hydrogen-bond acceptors (Lipinski definition) is 7. The molecule has 0 saturated heterocycles. The summed E-state index contributed by atoms with van der Waals surface area (Å²) in [5, 5.41) is 20.8. The van der Waals surface area contributed by atoms with Crippen molar-refractivity contribution in [1.82, 2.24) is 4.98 Å². The van der Waals surface area contributed by atoms with Crippen LogP contribution in [0.4, 0.5) is 9.52 Å². The first-order chi connectivity index (χ1) is 13.7. The summed E-state index contributed by atoms with van der Waals surface area (Å²) in [6.45, 7) is -0.328. The number of aromatic nitrogens is 1. The van der Waals surface area contributed by atoms with E-state index in [1.165, 1.54) is 25.4 Å². The van der Waals surface area contributed by atoms with E-state index in [0.29, 0.717) is 11.8 Å². The number of aromatic hydroxyl groups is 1. The van der Waals surface area contributed by atoms with Crippen LogP contribution < -0.4 is 9.04 Å². The molecule has 0 bridgehead atoms. The number of aromatic carboxylic acids is 1. The average Bonchev–Trinajstić information content (AvgIpc) is 3.20. The minimum atomic E-state index is -4.46. The number of phenolic OH excluding ortho intramolecular Hbond substituents is 1. The standard InChI is InChI=1S/C18H15FN2O6S2/c1-27-13-4-2-12(15(22)9-13)10-21(18-20-6-7-28-18)29(25,26)16-5-3-11(17(23)24)8-14(16)19/h2-9,22H,10H2,1H3,(H,23,24). The number of thiazole rings is 1. The number of hydrogen-bond donors (Lipinski definition) is 2. The molecule has 11 heteroatoms. The number of benzene rings is 2. The topological polar surface area (TPSA) is 117 Å². The lowest BCUT2D eigenvalue weighted by Crippen LogP contribution is -2.31. The van der Waals surface area contributed by atoms with Gasteiger partial charge in [-0.05, 0) is 30.3 Å². The Bertz CT molecular complexity index is 1150. The van der Waals surface area contributed by atoms with E-state index in [2.05, 4.69) is 4.98 Å². The maximum absolute atomic E-state index is 14.5. The Morgan fingerprint density at radius 1 is 1.28 bits per heavy atom. The molecule has 0 atom stereocenters. The van der Waals surface area contributed by atoms with Gasteiger partial charge in [0.15, 0.2) is 5.13 Å². The molecule has 0 aliphatic heterocycles. The van der Waals surface area contributed by atoms with E-state index in [1.807, 2.05) is 0 Å². The van der Waals surface area contributed by atoms with Gasteiger partial charge in [0.2, 0.25) is 0 Å². The third-order valence-corrected chi connectivity index (χ3v) is 6.67. The molecule has 1 heterocycles. The number of phenols is 1. The molecule has 0 saturated carbocycles. The zero-order chi connectivity index (χ0) is 21.2. The van der Waals surface area contributed by atoms with Crippen molar-refractivity contribution in [3.8, 4) is 11.5 Å². The second kappa shape index (κ2) is 8.05. The number of carboxylic acids is 1. The second-order valence-electron chi connectivity index (χ2n) is 5.77. The van der Waals surface area contributed by atoms with Crippen molar-refractivity contribution in [2.24, 2.45) is 0 Å². The van der Waals surface area contributed by atoms with Crippen LogP contribution in [0, 0.1) is 5.82 Å². The molecule has 152 valence electrons. The Labute approximate surface area is 169 Å². The van der Waals surface area contributed by atoms with Crippen molar-refractivity contribution in [2.75, 3.05) is 11.4 Å². The van der Waals surface area contributed by atoms with Gasteiger partial charge in [-0.3, -0.25) is 0 Å². The fourth-order valence-corrected chi connectivity index (χ4v) is 4.83. The summed E-state index contributed by atoms with van der Waals surface area (Å²) >= 11 is 1.01. The molecule has 3 aromatic rings. The van der Waals surface area contributed by atoms with Gasteiger partial charge in [0.25, 0.3) is 10.0 Å². The average molecular weight is 438 g/mol. The van der Waals surface area contributed by atoms with Crippen molar-refractivity contribution in [3.63, 3.8) is 0 Å². The van der Waals surface area contributed by atoms with Crippen LogP contribution in [0.1, 0.15) is 15.9 Å². The Kier molecular flexibility index (Phi) is 5.71. The normalized spacial score (nSPS) is 11.2. The number of anilines is 1. The van der Waals surface area contributed by atoms with Crippen molar-refractivity contribution in [2.45, 2.75) is 11.4 Å². The molecule has 0 radical (unpaired) electrons. The number of rotatable bonds is 7. The number of methoxy groups -OCH3 is 1. The minimum Gasteiger partial charge on any atom is -0.507 e. The number of ether oxygens (including phenoxy) is 1. The highest BCUT2D eigenvalue weighted by molar-refractivity contribution is 7.93. The van der Waals surface area contributed by atoms with E-state index in [9.17, 15) is 22.7 Å². The molecular formula is C18H15FN2O6S2. The van der Waals surface area contributed by atoms with Gasteiger partial charge >= 0.3 is 5.97 Å². The van der Waals surface area contributed by atoms with Crippen LogP contribution in [0.3, 0.4) is 0 Å². The van der Waals surface area contributed by atoms with Crippen LogP contribution >= 0.6 is 11.3 Å². The summed E-state index contributed by atoms with van der Waals surface area (Å²) in [5.41, 5.74) is -0.137. The molecule has 0 amide bonds. The first-order valence-corrected chi connectivity index (χ1v) is 10.4. The highest BCUT2D eigenvalue weighted by Crippen LogP contribution is 2.32. The summed E-state index contributed by atoms with van der Waals surface area (Å²) in [4.78, 5) is 14.3. The monoisotopic (exact) mass is 438 g/mol. The Balaban J connectivity index is 2.07. The van der Waals surface area contributed by atoms with E-state index in [-0.39, 0.29) is 28.6 Å². The zero-order valence-corrected chi connectivity index (χ0v) is 16.6. The van der Waals surface area contributed by atoms with E-state index in [0.717, 1.165) is 27.8 Å². The van der Waals surface area contributed by atoms with Gasteiger partial charge in [0.05, 0.1) is 19.2 Å². The third-order valence-electron chi connectivity index (χ3n) is 3.99. The molecule has 0 spiro atoms. The van der Waals surface area contributed by atoms with Crippen molar-refractivity contribution in [1.29, 1.82) is 0 Å². The molecule has 1 aromatic heterocycles. The summed E-state index contributed by atoms with van der Waals surface area (Å²) < 4.78 is 46.7. The maximum Gasteiger partial charge on any atom is 0.335 e. The molecule has 8 nitrogen and oxygen atoms in total. The van der Waals surface area contributed by atoms with E-state index in [1.54, 1.807) is 11.4 Å². The number of sulfonamides is 1. The lowest BCUT2D eigenvalue weighted by atomic mass is 10.2. The molecule has 0 unspecified atom stereocenters. The van der Waals surface area contributed by atoms with Crippen LogP contribution in [0.5, 0.6) is 11.5 Å². The third kappa shape index (κ3) is 4.15. The maximum atomic E-state index is 14.5. The summed E-state index contributed by atoms with van der Waals surface area (Å²) in [6.07, 6.45) is 1.39. The fourth-order valence-electron chi connectivity index (χ4n) is 2.52. The smallest absolute Gasteiger partial charge is 0.335 e. The van der Waals surface area contributed by atoms with Gasteiger partial charge < -0.3 is 14.9 Å². The highest BCUT2D eigenvalue weighted by Gasteiger charge is 2.31. The highest BCUT2D eigenvalue weighted by atomic mass is 32.2. The predicted octanol–water partition coefficient (Wildman–Crippen LogP) is 3.09. The van der Waals surface area contributed by atoms with Crippen molar-refractivity contribution in [3.05, 3.63) is 64.9 Å². The Morgan fingerprint density at radius 2 is 2.03 bits per heavy atom. The number of carboxylic acid groups (broad SMARTS) is 1. The van der Waals surface area contributed by atoms with E-state index in [4.69, 9.17) is 9.84 Å². The molecule has 0 aliphatic rings. The van der Waals surface area contributed by atoms with Gasteiger partial charge in [-0.15, -0.1) is 11.3 Å². The summed E-state index contributed by atoms with van der Waals surface area (Å²) in [5.74, 6) is -2.41. The number of nitrogens with zero attached hydrogens (tertiary/aromatic N) is 2. The Morgan fingerprint density at radius 3 is 2.59 bits per heavy atom. The van der Waals surface area contributed by atoms with Crippen LogP contribution in [0.25, 0.3) is 0 Å². The van der Waals surface area contributed by atoms with Gasteiger partial charge in [-0.25, -0.2) is 26.9 Å². The first-order valence-electron chi connectivity index (χ1n) is 8.05. The zero-order valence-electron chi connectivity index (χ0n) is 14.9. The number of carbonyl (C=O) groups is 1. The molecule has 0 aliphatic carbocycles. The fraction of sp³-hybridized carbons (Fsp3) is 0.111. The molecular weight excluding hydrogens is 423 g/mol. The molecule has 0 fully saturated rings. The summed E-state index contributed by atoms with van der Waals surface area (Å²) in [6, 6.07) is 6.88. The molecule has 2 N–H and O–H groups in total. The second-order valence-corrected chi connectivity index (χ2v) is 8.48. The van der Waals surface area contributed by atoms with E-state index < -0.39 is 26.7 Å². The van der Waals surface area contributed by atoms with Crippen LogP contribution in [-0.2, 0) is 16.6 Å². The predicted molar refractivity (Wildman–Crippen MR) is 104 cm³/mol. The molecule has 2 aromatic carbocycles. The SMILES string of the molecule is COc1ccc(CN(c2nccs2)S(=O)(=O)c2ccc(C(=O)O)cc2F)c(O)c1. The van der Waals surface area contributed by atoms with Gasteiger partial charge in [0.1, 0.15) is 22.2 Å². The van der Waals surface area contributed by atoms with Crippen molar-refractivity contribution < 1.29 is 32.6 Å². The lowest BCUT2D eigenvalue weighted by molar-refractivity contribution is 0.0696. The molecule has 29 heavy (non-hydrogen) atoms. The number of halogens is 1. The Hall–Kier alpha value is -3.18. The first kappa shape index (κ1) is 20.6. The van der Waals surface area contributed by atoms with E-state index >= 15 is 0 Å². The quantitative estimate of drug-likeness (QED) is 0.582. The summed E-state index contributed by atoms with van der Waals surface area (Å²) in [7, 11) is -3.04.